The monoisotopic (exact) mass is 422 g/mol. The minimum absolute atomic E-state index is 0.000483. The summed E-state index contributed by atoms with van der Waals surface area (Å²) in [5.41, 5.74) is 2.54. The highest BCUT2D eigenvalue weighted by molar-refractivity contribution is 5.83. The molecule has 8 nitrogen and oxygen atoms in total. The molecular formula is C23H30N6O2. The molecule has 4 heterocycles. The molecule has 1 aromatic carbocycles. The van der Waals surface area contributed by atoms with Gasteiger partial charge in [-0.15, -0.1) is 0 Å². The molecule has 8 heteroatoms. The summed E-state index contributed by atoms with van der Waals surface area (Å²) in [5.74, 6) is 1.84. The van der Waals surface area contributed by atoms with E-state index in [4.69, 9.17) is 4.74 Å². The van der Waals surface area contributed by atoms with E-state index in [2.05, 4.69) is 67.5 Å². The van der Waals surface area contributed by atoms with E-state index in [-0.39, 0.29) is 23.8 Å². The van der Waals surface area contributed by atoms with Crippen molar-refractivity contribution in [3.63, 3.8) is 0 Å². The Hall–Kier alpha value is -2.71. The smallest absolute Gasteiger partial charge is 0.223 e. The number of benzene rings is 1. The summed E-state index contributed by atoms with van der Waals surface area (Å²) in [6.45, 7) is 5.69. The number of aromatic amines is 1. The van der Waals surface area contributed by atoms with Gasteiger partial charge >= 0.3 is 0 Å². The number of para-hydroxylation sites is 1. The molecule has 0 bridgehead atoms. The molecule has 2 fully saturated rings. The number of amides is 1. The fourth-order valence-electron chi connectivity index (χ4n) is 5.00. The van der Waals surface area contributed by atoms with Crippen LogP contribution in [-0.4, -0.2) is 62.9 Å². The average molecular weight is 423 g/mol. The molecule has 0 aliphatic carbocycles. The third kappa shape index (κ3) is 4.09. The summed E-state index contributed by atoms with van der Waals surface area (Å²) in [4.78, 5) is 19.9. The van der Waals surface area contributed by atoms with E-state index in [0.717, 1.165) is 44.1 Å². The Morgan fingerprint density at radius 2 is 2.06 bits per heavy atom. The summed E-state index contributed by atoms with van der Waals surface area (Å²) in [6, 6.07) is 8.50. The fraction of sp³-hybridized carbons (Fsp3) is 0.522. The maximum Gasteiger partial charge on any atom is 0.223 e. The van der Waals surface area contributed by atoms with E-state index in [1.54, 1.807) is 0 Å². The Morgan fingerprint density at radius 3 is 2.84 bits per heavy atom. The molecule has 2 aliphatic heterocycles. The molecule has 0 spiro atoms. The lowest BCUT2D eigenvalue weighted by molar-refractivity contribution is -0.128. The predicted octanol–water partition coefficient (Wildman–Crippen LogP) is 2.12. The van der Waals surface area contributed by atoms with Gasteiger partial charge < -0.3 is 14.6 Å². The van der Waals surface area contributed by atoms with E-state index in [1.807, 2.05) is 6.92 Å². The molecule has 0 radical (unpaired) electrons. The van der Waals surface area contributed by atoms with Crippen molar-refractivity contribution >= 4 is 16.8 Å². The Balaban J connectivity index is 1.35. The quantitative estimate of drug-likeness (QED) is 0.658. The van der Waals surface area contributed by atoms with Crippen LogP contribution in [0.5, 0.6) is 0 Å². The van der Waals surface area contributed by atoms with Crippen molar-refractivity contribution in [3.05, 3.63) is 47.7 Å². The maximum atomic E-state index is 12.9. The van der Waals surface area contributed by atoms with Gasteiger partial charge in [0, 0.05) is 62.9 Å². The Morgan fingerprint density at radius 1 is 1.26 bits per heavy atom. The highest BCUT2D eigenvalue weighted by Gasteiger charge is 2.38. The summed E-state index contributed by atoms with van der Waals surface area (Å²) < 4.78 is 7.60. The average Bonchev–Trinajstić information content (AvgIpc) is 3.47. The van der Waals surface area contributed by atoms with Crippen LogP contribution < -0.4 is 5.32 Å². The lowest BCUT2D eigenvalue weighted by Gasteiger charge is -2.25. The Bertz CT molecular complexity index is 1070. The van der Waals surface area contributed by atoms with Crippen LogP contribution in [0.15, 0.2) is 30.5 Å². The van der Waals surface area contributed by atoms with Gasteiger partial charge in [-0.2, -0.15) is 5.10 Å². The van der Waals surface area contributed by atoms with Crippen LogP contribution in [0.4, 0.5) is 0 Å². The first-order valence-electron chi connectivity index (χ1n) is 11.1. The number of carbonyl (C=O) groups is 1. The van der Waals surface area contributed by atoms with Crippen LogP contribution in [0.3, 0.4) is 0 Å². The SMILES string of the molecule is Cc1nc([C@@H]2CN(Cc3cn(C)c4ccccc34)C[C@H]2NC(=O)C2CCOCC2)n[nH]1. The first-order chi connectivity index (χ1) is 15.1. The molecule has 2 saturated heterocycles. The number of hydrogen-bond donors (Lipinski definition) is 2. The van der Waals surface area contributed by atoms with Gasteiger partial charge in [-0.3, -0.25) is 14.8 Å². The number of fused-ring (bicyclic) bond motifs is 1. The zero-order chi connectivity index (χ0) is 21.4. The highest BCUT2D eigenvalue weighted by atomic mass is 16.5. The summed E-state index contributed by atoms with van der Waals surface area (Å²) in [5, 5.41) is 12.0. The summed E-state index contributed by atoms with van der Waals surface area (Å²) in [7, 11) is 2.09. The highest BCUT2D eigenvalue weighted by Crippen LogP contribution is 2.29. The van der Waals surface area contributed by atoms with Gasteiger partial charge in [0.15, 0.2) is 5.82 Å². The molecular weight excluding hydrogens is 392 g/mol. The molecule has 2 atom stereocenters. The van der Waals surface area contributed by atoms with Crippen molar-refractivity contribution in [1.29, 1.82) is 0 Å². The first-order valence-corrected chi connectivity index (χ1v) is 11.1. The van der Waals surface area contributed by atoms with Crippen LogP contribution in [0, 0.1) is 12.8 Å². The summed E-state index contributed by atoms with van der Waals surface area (Å²) in [6.07, 6.45) is 3.80. The molecule has 2 aromatic heterocycles. The molecule has 2 aliphatic rings. The molecule has 164 valence electrons. The number of likely N-dealkylation sites (tertiary alicyclic amines) is 1. The predicted molar refractivity (Wildman–Crippen MR) is 118 cm³/mol. The number of ether oxygens (including phenoxy) is 1. The topological polar surface area (TPSA) is 88.1 Å². The van der Waals surface area contributed by atoms with E-state index in [0.29, 0.717) is 13.2 Å². The van der Waals surface area contributed by atoms with Crippen molar-refractivity contribution in [2.75, 3.05) is 26.3 Å². The third-order valence-corrected chi connectivity index (χ3v) is 6.63. The molecule has 0 saturated carbocycles. The van der Waals surface area contributed by atoms with Crippen molar-refractivity contribution < 1.29 is 9.53 Å². The van der Waals surface area contributed by atoms with Gasteiger partial charge in [0.25, 0.3) is 0 Å². The van der Waals surface area contributed by atoms with Gasteiger partial charge in [-0.25, -0.2) is 4.98 Å². The van der Waals surface area contributed by atoms with Crippen LogP contribution in [0.25, 0.3) is 10.9 Å². The van der Waals surface area contributed by atoms with Gasteiger partial charge in [-0.05, 0) is 31.4 Å². The van der Waals surface area contributed by atoms with Crippen LogP contribution in [0.1, 0.15) is 36.0 Å². The zero-order valence-corrected chi connectivity index (χ0v) is 18.2. The largest absolute Gasteiger partial charge is 0.381 e. The molecule has 31 heavy (non-hydrogen) atoms. The number of hydrogen-bond acceptors (Lipinski definition) is 5. The van der Waals surface area contributed by atoms with Gasteiger partial charge in [0.2, 0.25) is 5.91 Å². The number of nitrogens with zero attached hydrogens (tertiary/aromatic N) is 4. The normalized spacial score (nSPS) is 22.9. The lowest BCUT2D eigenvalue weighted by Crippen LogP contribution is -2.44. The number of H-pyrrole nitrogens is 1. The second kappa shape index (κ2) is 8.43. The van der Waals surface area contributed by atoms with Crippen molar-refractivity contribution in [1.82, 2.24) is 30.0 Å². The van der Waals surface area contributed by atoms with Gasteiger partial charge in [-0.1, -0.05) is 18.2 Å². The minimum atomic E-state index is 0.000483. The minimum Gasteiger partial charge on any atom is -0.381 e. The van der Waals surface area contributed by atoms with Crippen molar-refractivity contribution in [2.45, 2.75) is 38.3 Å². The zero-order valence-electron chi connectivity index (χ0n) is 18.2. The van der Waals surface area contributed by atoms with E-state index >= 15 is 0 Å². The molecule has 1 amide bonds. The van der Waals surface area contributed by atoms with E-state index in [9.17, 15) is 4.79 Å². The Kier molecular flexibility index (Phi) is 5.50. The second-order valence-corrected chi connectivity index (χ2v) is 8.86. The van der Waals surface area contributed by atoms with Crippen molar-refractivity contribution in [3.8, 4) is 0 Å². The number of aryl methyl sites for hydroxylation is 2. The second-order valence-electron chi connectivity index (χ2n) is 8.86. The lowest BCUT2D eigenvalue weighted by atomic mass is 9.97. The fourth-order valence-corrected chi connectivity index (χ4v) is 5.00. The van der Waals surface area contributed by atoms with E-state index in [1.165, 1.54) is 16.5 Å². The molecule has 2 N–H and O–H groups in total. The van der Waals surface area contributed by atoms with Gasteiger partial charge in [0.05, 0.1) is 12.0 Å². The number of carbonyl (C=O) groups excluding carboxylic acids is 1. The standard InChI is InChI=1S/C23H30N6O2/c1-15-24-22(27-26-15)19-13-29(12-17-11-28(2)21-6-4-3-5-18(17)21)14-20(19)25-23(30)16-7-9-31-10-8-16/h3-6,11,16,19-20H,7-10,12-14H2,1-2H3,(H,25,30)(H,24,26,27)/t19-,20-/m1/s1. The van der Waals surface area contributed by atoms with Crippen LogP contribution in [0.2, 0.25) is 0 Å². The van der Waals surface area contributed by atoms with Crippen LogP contribution in [-0.2, 0) is 23.1 Å². The van der Waals surface area contributed by atoms with Crippen LogP contribution >= 0.6 is 0 Å². The van der Waals surface area contributed by atoms with Gasteiger partial charge in [0.1, 0.15) is 5.82 Å². The number of nitrogens with one attached hydrogen (secondary N) is 2. The molecule has 5 rings (SSSR count). The number of rotatable bonds is 5. The summed E-state index contributed by atoms with van der Waals surface area (Å²) >= 11 is 0. The first kappa shape index (κ1) is 20.2. The Labute approximate surface area is 182 Å². The molecule has 3 aromatic rings. The molecule has 0 unspecified atom stereocenters. The van der Waals surface area contributed by atoms with E-state index < -0.39 is 0 Å². The third-order valence-electron chi connectivity index (χ3n) is 6.63. The number of aromatic nitrogens is 4. The van der Waals surface area contributed by atoms with Crippen molar-refractivity contribution in [2.24, 2.45) is 13.0 Å². The maximum absolute atomic E-state index is 12.9.